The van der Waals surface area contributed by atoms with Crippen molar-refractivity contribution >= 4 is 5.91 Å². The van der Waals surface area contributed by atoms with E-state index in [1.807, 2.05) is 0 Å². The standard InChI is InChI=1S/C19H35N3O/c1-16(2)15-21-12-8-18(9-13-21)20-17(3)14-19(23)22-10-6-4-5-7-11-22/h17-18,20H,1,4-15H2,2-3H3/t17-/m0/s1. The Bertz CT molecular complexity index is 380. The lowest BCUT2D eigenvalue weighted by molar-refractivity contribution is -0.131. The second-order valence-electron chi connectivity index (χ2n) is 7.57. The smallest absolute Gasteiger partial charge is 0.224 e. The third kappa shape index (κ3) is 6.64. The van der Waals surface area contributed by atoms with Gasteiger partial charge in [0.15, 0.2) is 0 Å². The van der Waals surface area contributed by atoms with E-state index in [1.165, 1.54) is 44.1 Å². The first-order valence-electron chi connectivity index (χ1n) is 9.45. The largest absolute Gasteiger partial charge is 0.343 e. The van der Waals surface area contributed by atoms with Crippen LogP contribution in [0, 0.1) is 0 Å². The summed E-state index contributed by atoms with van der Waals surface area (Å²) in [5.74, 6) is 0.339. The van der Waals surface area contributed by atoms with Gasteiger partial charge in [-0.2, -0.15) is 0 Å². The van der Waals surface area contributed by atoms with Crippen molar-refractivity contribution in [3.05, 3.63) is 12.2 Å². The summed E-state index contributed by atoms with van der Waals surface area (Å²) in [6.45, 7) is 13.5. The molecule has 2 rings (SSSR count). The van der Waals surface area contributed by atoms with Gasteiger partial charge in [-0.1, -0.05) is 25.0 Å². The Morgan fingerprint density at radius 3 is 2.30 bits per heavy atom. The van der Waals surface area contributed by atoms with Crippen LogP contribution < -0.4 is 5.32 Å². The second-order valence-corrected chi connectivity index (χ2v) is 7.57. The number of hydrogen-bond acceptors (Lipinski definition) is 3. The van der Waals surface area contributed by atoms with Crippen LogP contribution in [0.4, 0.5) is 0 Å². The Hall–Kier alpha value is -0.870. The number of hydrogen-bond donors (Lipinski definition) is 1. The highest BCUT2D eigenvalue weighted by Gasteiger charge is 2.23. The Balaban J connectivity index is 1.67. The number of likely N-dealkylation sites (tertiary alicyclic amines) is 2. The molecule has 0 radical (unpaired) electrons. The fourth-order valence-electron chi connectivity index (χ4n) is 3.81. The molecule has 0 saturated carbocycles. The maximum atomic E-state index is 12.4. The van der Waals surface area contributed by atoms with Gasteiger partial charge in [0.2, 0.25) is 5.91 Å². The van der Waals surface area contributed by atoms with Crippen LogP contribution in [0.1, 0.15) is 58.8 Å². The van der Waals surface area contributed by atoms with Crippen molar-refractivity contribution in [3.8, 4) is 0 Å². The van der Waals surface area contributed by atoms with Gasteiger partial charge in [-0.05, 0) is 52.6 Å². The normalized spacial score (nSPS) is 22.6. The molecule has 132 valence electrons. The van der Waals surface area contributed by atoms with E-state index in [-0.39, 0.29) is 6.04 Å². The van der Waals surface area contributed by atoms with Gasteiger partial charge in [-0.15, -0.1) is 0 Å². The van der Waals surface area contributed by atoms with E-state index >= 15 is 0 Å². The Morgan fingerprint density at radius 1 is 1.13 bits per heavy atom. The fraction of sp³-hybridized carbons (Fsp3) is 0.842. The molecular weight excluding hydrogens is 286 g/mol. The zero-order chi connectivity index (χ0) is 16.7. The first-order chi connectivity index (χ1) is 11.0. The van der Waals surface area contributed by atoms with E-state index in [2.05, 4.69) is 35.5 Å². The average molecular weight is 322 g/mol. The van der Waals surface area contributed by atoms with Crippen molar-refractivity contribution in [2.24, 2.45) is 0 Å². The summed E-state index contributed by atoms with van der Waals surface area (Å²) in [5.41, 5.74) is 1.24. The van der Waals surface area contributed by atoms with Crippen LogP contribution in [0.5, 0.6) is 0 Å². The number of rotatable bonds is 6. The van der Waals surface area contributed by atoms with Crippen molar-refractivity contribution in [1.82, 2.24) is 15.1 Å². The van der Waals surface area contributed by atoms with Gasteiger partial charge < -0.3 is 10.2 Å². The number of carbonyl (C=O) groups excluding carboxylic acids is 1. The van der Waals surface area contributed by atoms with E-state index in [0.717, 1.165) is 32.7 Å². The lowest BCUT2D eigenvalue weighted by Gasteiger charge is -2.34. The van der Waals surface area contributed by atoms with Crippen LogP contribution in [0.2, 0.25) is 0 Å². The molecule has 0 bridgehead atoms. The maximum Gasteiger partial charge on any atom is 0.224 e. The molecule has 23 heavy (non-hydrogen) atoms. The van der Waals surface area contributed by atoms with Crippen molar-refractivity contribution in [2.75, 3.05) is 32.7 Å². The van der Waals surface area contributed by atoms with Crippen molar-refractivity contribution in [2.45, 2.75) is 70.9 Å². The Kier molecular flexibility index (Phi) is 7.57. The molecule has 1 atom stereocenters. The molecule has 0 unspecified atom stereocenters. The summed E-state index contributed by atoms with van der Waals surface area (Å²) < 4.78 is 0. The molecule has 1 amide bonds. The minimum Gasteiger partial charge on any atom is -0.343 e. The van der Waals surface area contributed by atoms with E-state index < -0.39 is 0 Å². The quantitative estimate of drug-likeness (QED) is 0.764. The van der Waals surface area contributed by atoms with Crippen molar-refractivity contribution in [1.29, 1.82) is 0 Å². The highest BCUT2D eigenvalue weighted by Crippen LogP contribution is 2.14. The molecule has 2 fully saturated rings. The van der Waals surface area contributed by atoms with E-state index in [4.69, 9.17) is 0 Å². The number of piperidine rings is 1. The SMILES string of the molecule is C=C(C)CN1CCC(N[C@@H](C)CC(=O)N2CCCCCC2)CC1. The predicted molar refractivity (Wildman–Crippen MR) is 96.5 cm³/mol. The third-order valence-corrected chi connectivity index (χ3v) is 5.04. The lowest BCUT2D eigenvalue weighted by Crippen LogP contribution is -2.47. The van der Waals surface area contributed by atoms with Crippen LogP contribution in [0.3, 0.4) is 0 Å². The molecule has 0 aromatic rings. The molecular formula is C19H35N3O. The third-order valence-electron chi connectivity index (χ3n) is 5.04. The highest BCUT2D eigenvalue weighted by molar-refractivity contribution is 5.76. The summed E-state index contributed by atoms with van der Waals surface area (Å²) in [5, 5.41) is 3.68. The summed E-state index contributed by atoms with van der Waals surface area (Å²) >= 11 is 0. The van der Waals surface area contributed by atoms with E-state index in [0.29, 0.717) is 18.4 Å². The zero-order valence-electron chi connectivity index (χ0n) is 15.1. The number of nitrogens with zero attached hydrogens (tertiary/aromatic N) is 2. The van der Waals surface area contributed by atoms with Gasteiger partial charge in [0, 0.05) is 38.1 Å². The topological polar surface area (TPSA) is 35.6 Å². The molecule has 2 aliphatic heterocycles. The first kappa shape index (κ1) is 18.5. The minimum atomic E-state index is 0.281. The second kappa shape index (κ2) is 9.43. The Morgan fingerprint density at radius 2 is 1.74 bits per heavy atom. The molecule has 4 heteroatoms. The summed E-state index contributed by atoms with van der Waals surface area (Å²) in [6, 6.07) is 0.840. The number of nitrogens with one attached hydrogen (secondary N) is 1. The van der Waals surface area contributed by atoms with Gasteiger partial charge in [-0.3, -0.25) is 9.69 Å². The Labute approximate surface area is 142 Å². The van der Waals surface area contributed by atoms with Gasteiger partial charge in [0.25, 0.3) is 0 Å². The molecule has 0 spiro atoms. The number of amides is 1. The van der Waals surface area contributed by atoms with Crippen LogP contribution in [-0.2, 0) is 4.79 Å². The molecule has 0 aromatic carbocycles. The molecule has 2 heterocycles. The van der Waals surface area contributed by atoms with Gasteiger partial charge >= 0.3 is 0 Å². The number of carbonyl (C=O) groups is 1. The van der Waals surface area contributed by atoms with Gasteiger partial charge in [0.1, 0.15) is 0 Å². The molecule has 2 saturated heterocycles. The lowest BCUT2D eigenvalue weighted by atomic mass is 10.0. The molecule has 1 N–H and O–H groups in total. The predicted octanol–water partition coefficient (Wildman–Crippen LogP) is 2.80. The minimum absolute atomic E-state index is 0.281. The summed E-state index contributed by atoms with van der Waals surface area (Å²) in [4.78, 5) is 17.0. The average Bonchev–Trinajstić information content (AvgIpc) is 2.78. The summed E-state index contributed by atoms with van der Waals surface area (Å²) in [7, 11) is 0. The maximum absolute atomic E-state index is 12.4. The molecule has 4 nitrogen and oxygen atoms in total. The summed E-state index contributed by atoms with van der Waals surface area (Å²) in [6.07, 6.45) is 7.90. The zero-order valence-corrected chi connectivity index (χ0v) is 15.1. The van der Waals surface area contributed by atoms with Crippen LogP contribution in [0.15, 0.2) is 12.2 Å². The van der Waals surface area contributed by atoms with Crippen molar-refractivity contribution < 1.29 is 4.79 Å². The highest BCUT2D eigenvalue weighted by atomic mass is 16.2. The fourth-order valence-corrected chi connectivity index (χ4v) is 3.81. The first-order valence-corrected chi connectivity index (χ1v) is 9.45. The molecule has 0 aromatic heterocycles. The van der Waals surface area contributed by atoms with Crippen LogP contribution in [0.25, 0.3) is 0 Å². The van der Waals surface area contributed by atoms with Crippen LogP contribution >= 0.6 is 0 Å². The van der Waals surface area contributed by atoms with E-state index in [1.54, 1.807) is 0 Å². The molecule has 2 aliphatic rings. The van der Waals surface area contributed by atoms with E-state index in [9.17, 15) is 4.79 Å². The van der Waals surface area contributed by atoms with Gasteiger partial charge in [0.05, 0.1) is 0 Å². The van der Waals surface area contributed by atoms with Crippen LogP contribution in [-0.4, -0.2) is 60.5 Å². The van der Waals surface area contributed by atoms with Gasteiger partial charge in [-0.25, -0.2) is 0 Å². The van der Waals surface area contributed by atoms with Crippen molar-refractivity contribution in [3.63, 3.8) is 0 Å². The molecule has 0 aliphatic carbocycles. The monoisotopic (exact) mass is 321 g/mol.